The van der Waals surface area contributed by atoms with Crippen LogP contribution in [-0.2, 0) is 11.3 Å². The molecule has 0 bridgehead atoms. The van der Waals surface area contributed by atoms with Crippen LogP contribution in [-0.4, -0.2) is 55.5 Å². The van der Waals surface area contributed by atoms with Gasteiger partial charge in [-0.3, -0.25) is 29.1 Å². The molecule has 2 saturated carbocycles. The summed E-state index contributed by atoms with van der Waals surface area (Å²) in [6.45, 7) is 1.22. The van der Waals surface area contributed by atoms with Crippen LogP contribution in [0, 0.1) is 10.8 Å². The number of nitrogens with two attached hydrogens (primary N) is 1. The van der Waals surface area contributed by atoms with Gasteiger partial charge in [0.05, 0.1) is 5.71 Å². The second-order valence-corrected chi connectivity index (χ2v) is 10.1. The number of hydrogen-bond donors (Lipinski definition) is 3. The van der Waals surface area contributed by atoms with Gasteiger partial charge >= 0.3 is 11.9 Å². The molecule has 0 saturated heterocycles. The first kappa shape index (κ1) is 25.0. The summed E-state index contributed by atoms with van der Waals surface area (Å²) in [7, 11) is 1.74. The molecule has 4 N–H and O–H groups in total. The van der Waals surface area contributed by atoms with Gasteiger partial charge in [-0.15, -0.1) is 0 Å². The van der Waals surface area contributed by atoms with Gasteiger partial charge in [-0.2, -0.15) is 13.2 Å². The number of amides is 1. The highest BCUT2D eigenvalue weighted by atomic mass is 19.4. The number of nitrogen functional groups attached to an aromatic ring is 1. The molecule has 2 fully saturated rings. The molecule has 1 aliphatic heterocycles. The van der Waals surface area contributed by atoms with Crippen molar-refractivity contribution >= 4 is 17.5 Å². The maximum Gasteiger partial charge on any atom is 0.389 e. The first-order valence-electron chi connectivity index (χ1n) is 11.5. The van der Waals surface area contributed by atoms with Crippen LogP contribution in [0.2, 0.25) is 0 Å². The second-order valence-electron chi connectivity index (χ2n) is 10.1. The molecule has 2 heterocycles. The van der Waals surface area contributed by atoms with Gasteiger partial charge in [0.1, 0.15) is 17.1 Å². The van der Waals surface area contributed by atoms with E-state index in [0.717, 1.165) is 4.57 Å². The van der Waals surface area contributed by atoms with Gasteiger partial charge in [-0.25, -0.2) is 4.79 Å². The number of hydrogen-bond acceptors (Lipinski definition) is 6. The van der Waals surface area contributed by atoms with E-state index in [2.05, 4.69) is 4.99 Å². The molecule has 10 nitrogen and oxygen atoms in total. The number of alkyl halides is 3. The van der Waals surface area contributed by atoms with Gasteiger partial charge in [-0.1, -0.05) is 0 Å². The molecule has 3 aliphatic rings. The Hall–Kier alpha value is -3.12. The van der Waals surface area contributed by atoms with E-state index >= 15 is 0 Å². The molecule has 35 heavy (non-hydrogen) atoms. The van der Waals surface area contributed by atoms with Crippen molar-refractivity contribution in [3.05, 3.63) is 26.4 Å². The lowest BCUT2D eigenvalue weighted by molar-refractivity contribution is -0.139. The molecule has 0 atom stereocenters. The molecule has 192 valence electrons. The van der Waals surface area contributed by atoms with Gasteiger partial charge in [0.15, 0.2) is 0 Å². The highest BCUT2D eigenvalue weighted by Crippen LogP contribution is 2.61. The molecular formula is C22H29F3N6O4. The SMILES string of the molecule is CC1=NC2(CC3(CCC(n4c(=O)c(C(=N)N)c(O)n(CCCC(F)(F)F)c4=O)CC3)C2)N(C)C1=O. The average Bonchev–Trinajstić information content (AvgIpc) is 2.94. The Morgan fingerprint density at radius 3 is 2.31 bits per heavy atom. The number of aliphatic imine (C=N–C) groups is 1. The Morgan fingerprint density at radius 1 is 1.23 bits per heavy atom. The number of amidine groups is 1. The van der Waals surface area contributed by atoms with Gasteiger partial charge in [-0.05, 0) is 57.3 Å². The van der Waals surface area contributed by atoms with E-state index in [1.807, 2.05) is 0 Å². The van der Waals surface area contributed by atoms with E-state index in [0.29, 0.717) is 48.8 Å². The summed E-state index contributed by atoms with van der Waals surface area (Å²) in [5.74, 6) is -1.74. The molecule has 1 aromatic heterocycles. The predicted octanol–water partition coefficient (Wildman–Crippen LogP) is 1.87. The molecular weight excluding hydrogens is 469 g/mol. The fraction of sp³-hybridized carbons (Fsp3) is 0.682. The Morgan fingerprint density at radius 2 is 1.83 bits per heavy atom. The van der Waals surface area contributed by atoms with Crippen LogP contribution >= 0.6 is 0 Å². The smallest absolute Gasteiger partial charge is 0.389 e. The van der Waals surface area contributed by atoms with Crippen molar-refractivity contribution in [3.8, 4) is 5.88 Å². The minimum atomic E-state index is -4.44. The first-order valence-corrected chi connectivity index (χ1v) is 11.5. The van der Waals surface area contributed by atoms with Crippen molar-refractivity contribution in [2.75, 3.05) is 7.05 Å². The van der Waals surface area contributed by atoms with E-state index in [1.165, 1.54) is 0 Å². The first-order chi connectivity index (χ1) is 16.2. The standard InChI is InChI=1S/C22H29F3N6O4/c1-12-16(32)29(2)21(28-12)10-20(11-21)7-4-13(5-8-20)31-18(34)14(15(26)27)17(33)30(19(31)35)9-3-6-22(23,24)25/h13,33H,3-11H2,1-2H3,(H3,26,27). The topological polar surface area (TPSA) is 147 Å². The lowest BCUT2D eigenvalue weighted by Gasteiger charge is -2.58. The maximum atomic E-state index is 13.1. The Bertz CT molecular complexity index is 1220. The molecule has 1 aromatic rings. The van der Waals surface area contributed by atoms with Crippen LogP contribution in [0.15, 0.2) is 14.6 Å². The normalized spacial score (nSPS) is 28.5. The summed E-state index contributed by atoms with van der Waals surface area (Å²) in [6, 6.07) is -0.544. The lowest BCUT2D eigenvalue weighted by Crippen LogP contribution is -2.60. The molecule has 1 amide bonds. The summed E-state index contributed by atoms with van der Waals surface area (Å²) in [5, 5.41) is 18.1. The van der Waals surface area contributed by atoms with Crippen molar-refractivity contribution < 1.29 is 23.1 Å². The fourth-order valence-electron chi connectivity index (χ4n) is 6.01. The zero-order chi connectivity index (χ0) is 25.9. The quantitative estimate of drug-likeness (QED) is 0.419. The lowest BCUT2D eigenvalue weighted by atomic mass is 9.54. The second kappa shape index (κ2) is 8.23. The number of aromatic hydroxyl groups is 1. The Labute approximate surface area is 198 Å². The number of halogens is 3. The zero-order valence-corrected chi connectivity index (χ0v) is 19.6. The van der Waals surface area contributed by atoms with Crippen molar-refractivity contribution in [2.24, 2.45) is 16.1 Å². The molecule has 0 radical (unpaired) electrons. The van der Waals surface area contributed by atoms with Crippen molar-refractivity contribution in [1.82, 2.24) is 14.0 Å². The van der Waals surface area contributed by atoms with Crippen LogP contribution < -0.4 is 17.0 Å². The molecule has 0 unspecified atom stereocenters. The summed E-state index contributed by atoms with van der Waals surface area (Å²) in [5.41, 5.74) is 2.94. The fourth-order valence-corrected chi connectivity index (χ4v) is 6.01. The van der Waals surface area contributed by atoms with E-state index in [1.54, 1.807) is 18.9 Å². The summed E-state index contributed by atoms with van der Waals surface area (Å²) >= 11 is 0. The molecule has 0 aromatic carbocycles. The highest BCUT2D eigenvalue weighted by Gasteiger charge is 2.60. The molecule has 2 spiro atoms. The summed E-state index contributed by atoms with van der Waals surface area (Å²) in [6.07, 6.45) is -2.44. The number of carbonyl (C=O) groups is 1. The number of rotatable bonds is 5. The predicted molar refractivity (Wildman–Crippen MR) is 121 cm³/mol. The van der Waals surface area contributed by atoms with Gasteiger partial charge in [0.2, 0.25) is 5.88 Å². The van der Waals surface area contributed by atoms with Crippen LogP contribution in [0.3, 0.4) is 0 Å². The van der Waals surface area contributed by atoms with Gasteiger partial charge in [0.25, 0.3) is 11.5 Å². The minimum Gasteiger partial charge on any atom is -0.494 e. The van der Waals surface area contributed by atoms with E-state index in [9.17, 15) is 32.7 Å². The number of carbonyl (C=O) groups excluding carboxylic acids is 1. The number of aromatic nitrogens is 2. The molecule has 4 rings (SSSR count). The average molecular weight is 499 g/mol. The van der Waals surface area contributed by atoms with Crippen LogP contribution in [0.1, 0.15) is 69.9 Å². The third-order valence-corrected chi connectivity index (χ3v) is 7.77. The Balaban J connectivity index is 1.57. The zero-order valence-electron chi connectivity index (χ0n) is 19.6. The monoisotopic (exact) mass is 498 g/mol. The van der Waals surface area contributed by atoms with E-state index < -0.39 is 65.8 Å². The van der Waals surface area contributed by atoms with Crippen molar-refractivity contribution in [3.63, 3.8) is 0 Å². The maximum absolute atomic E-state index is 13.1. The minimum absolute atomic E-state index is 0.0746. The van der Waals surface area contributed by atoms with E-state index in [4.69, 9.17) is 11.1 Å². The third kappa shape index (κ3) is 4.14. The van der Waals surface area contributed by atoms with E-state index in [-0.39, 0.29) is 11.3 Å². The van der Waals surface area contributed by atoms with Crippen LogP contribution in [0.5, 0.6) is 5.88 Å². The van der Waals surface area contributed by atoms with Crippen molar-refractivity contribution in [2.45, 2.75) is 82.7 Å². The summed E-state index contributed by atoms with van der Waals surface area (Å²) < 4.78 is 39.4. The molecule has 2 aliphatic carbocycles. The van der Waals surface area contributed by atoms with Crippen molar-refractivity contribution in [1.29, 1.82) is 5.41 Å². The molecule has 13 heteroatoms. The van der Waals surface area contributed by atoms with Crippen LogP contribution in [0.25, 0.3) is 0 Å². The van der Waals surface area contributed by atoms with Crippen LogP contribution in [0.4, 0.5) is 13.2 Å². The summed E-state index contributed by atoms with van der Waals surface area (Å²) in [4.78, 5) is 44.6. The highest BCUT2D eigenvalue weighted by molar-refractivity contribution is 6.39. The number of nitrogens with zero attached hydrogens (tertiary/aromatic N) is 4. The third-order valence-electron chi connectivity index (χ3n) is 7.77. The largest absolute Gasteiger partial charge is 0.494 e. The Kier molecular flexibility index (Phi) is 5.88. The van der Waals surface area contributed by atoms with Gasteiger partial charge in [0, 0.05) is 26.1 Å². The number of nitrogens with one attached hydrogen (secondary N) is 1. The van der Waals surface area contributed by atoms with Gasteiger partial charge < -0.3 is 15.7 Å².